The minimum Gasteiger partial charge on any atom is -0.464 e. The molecule has 0 bridgehead atoms. The molecule has 120 valence electrons. The van der Waals surface area contributed by atoms with Gasteiger partial charge in [0.2, 0.25) is 5.91 Å². The molecule has 3 atom stereocenters. The van der Waals surface area contributed by atoms with Crippen LogP contribution in [0.1, 0.15) is 66.2 Å². The van der Waals surface area contributed by atoms with E-state index in [4.69, 9.17) is 4.74 Å². The Bertz CT molecular complexity index is 413. The molecule has 0 aromatic carbocycles. The summed E-state index contributed by atoms with van der Waals surface area (Å²) in [5, 5.41) is 2.87. The monoisotopic (exact) mass is 295 g/mol. The molecule has 21 heavy (non-hydrogen) atoms. The molecule has 1 spiro atoms. The van der Waals surface area contributed by atoms with Crippen molar-refractivity contribution < 1.29 is 14.3 Å². The summed E-state index contributed by atoms with van der Waals surface area (Å²) in [5.41, 5.74) is 0.0737. The van der Waals surface area contributed by atoms with Gasteiger partial charge in [0.25, 0.3) is 0 Å². The molecule has 0 aromatic rings. The van der Waals surface area contributed by atoms with Crippen LogP contribution in [-0.2, 0) is 14.3 Å². The molecule has 4 nitrogen and oxygen atoms in total. The topological polar surface area (TPSA) is 55.4 Å². The number of ether oxygens (including phenoxy) is 1. The van der Waals surface area contributed by atoms with Crippen LogP contribution in [0.4, 0.5) is 0 Å². The van der Waals surface area contributed by atoms with Crippen LogP contribution in [0, 0.1) is 16.7 Å². The summed E-state index contributed by atoms with van der Waals surface area (Å²) >= 11 is 0. The number of amides is 1. The minimum atomic E-state index is -0.441. The van der Waals surface area contributed by atoms with Crippen molar-refractivity contribution in [2.75, 3.05) is 6.61 Å². The quantitative estimate of drug-likeness (QED) is 0.797. The third-order valence-electron chi connectivity index (χ3n) is 5.40. The largest absolute Gasteiger partial charge is 0.464 e. The van der Waals surface area contributed by atoms with Crippen molar-refractivity contribution in [2.45, 2.75) is 72.3 Å². The third kappa shape index (κ3) is 3.41. The molecule has 1 N–H and O–H groups in total. The average molecular weight is 295 g/mol. The molecule has 1 amide bonds. The predicted molar refractivity (Wildman–Crippen MR) is 81.6 cm³/mol. The maximum Gasteiger partial charge on any atom is 0.329 e. The van der Waals surface area contributed by atoms with Gasteiger partial charge in [-0.1, -0.05) is 27.2 Å². The van der Waals surface area contributed by atoms with Crippen LogP contribution >= 0.6 is 0 Å². The van der Waals surface area contributed by atoms with Gasteiger partial charge in [-0.2, -0.15) is 0 Å². The van der Waals surface area contributed by atoms with Gasteiger partial charge in [-0.05, 0) is 43.9 Å². The molecule has 1 aliphatic heterocycles. The first-order valence-electron chi connectivity index (χ1n) is 8.24. The lowest BCUT2D eigenvalue weighted by atomic mass is 9.72. The van der Waals surface area contributed by atoms with Gasteiger partial charge in [0.05, 0.1) is 6.61 Å². The summed E-state index contributed by atoms with van der Waals surface area (Å²) in [6, 6.07) is -0.441. The lowest BCUT2D eigenvalue weighted by Crippen LogP contribution is -2.44. The number of hydrogen-bond acceptors (Lipinski definition) is 3. The Labute approximate surface area is 128 Å². The van der Waals surface area contributed by atoms with E-state index < -0.39 is 6.04 Å². The normalized spacial score (nSPS) is 33.6. The van der Waals surface area contributed by atoms with Crippen LogP contribution in [0.3, 0.4) is 0 Å². The Kier molecular flexibility index (Phi) is 4.64. The molecule has 1 heterocycles. The van der Waals surface area contributed by atoms with E-state index in [2.05, 4.69) is 26.1 Å². The molecule has 1 saturated carbocycles. The first kappa shape index (κ1) is 16.3. The van der Waals surface area contributed by atoms with Gasteiger partial charge in [0.1, 0.15) is 6.04 Å². The third-order valence-corrected chi connectivity index (χ3v) is 5.40. The van der Waals surface area contributed by atoms with Crippen molar-refractivity contribution in [3.8, 4) is 0 Å². The Balaban J connectivity index is 2.16. The van der Waals surface area contributed by atoms with Crippen molar-refractivity contribution in [3.63, 3.8) is 0 Å². The van der Waals surface area contributed by atoms with E-state index in [1.54, 1.807) is 0 Å². The summed E-state index contributed by atoms with van der Waals surface area (Å²) in [7, 11) is 0. The number of nitrogens with one attached hydrogen (secondary N) is 1. The summed E-state index contributed by atoms with van der Waals surface area (Å²) in [6.07, 6.45) is 5.74. The molecule has 1 saturated heterocycles. The molecule has 2 fully saturated rings. The second-order valence-corrected chi connectivity index (χ2v) is 7.79. The Morgan fingerprint density at radius 3 is 2.67 bits per heavy atom. The summed E-state index contributed by atoms with van der Waals surface area (Å²) in [4.78, 5) is 24.1. The summed E-state index contributed by atoms with van der Waals surface area (Å²) < 4.78 is 5.18. The highest BCUT2D eigenvalue weighted by Gasteiger charge is 2.51. The maximum absolute atomic E-state index is 12.2. The molecular formula is C17H29NO3. The first-order valence-corrected chi connectivity index (χ1v) is 8.24. The lowest BCUT2D eigenvalue weighted by molar-refractivity contribution is -0.148. The van der Waals surface area contributed by atoms with Gasteiger partial charge < -0.3 is 10.1 Å². The summed E-state index contributed by atoms with van der Waals surface area (Å²) in [5.74, 6) is 0.412. The molecule has 4 heteroatoms. The van der Waals surface area contributed by atoms with Crippen LogP contribution < -0.4 is 5.32 Å². The van der Waals surface area contributed by atoms with Crippen molar-refractivity contribution in [2.24, 2.45) is 16.7 Å². The van der Waals surface area contributed by atoms with Gasteiger partial charge in [-0.25, -0.2) is 4.79 Å². The Morgan fingerprint density at radius 1 is 1.33 bits per heavy atom. The second-order valence-electron chi connectivity index (χ2n) is 7.79. The van der Waals surface area contributed by atoms with E-state index in [-0.39, 0.29) is 17.3 Å². The highest BCUT2D eigenvalue weighted by molar-refractivity contribution is 5.90. The molecule has 0 radical (unpaired) electrons. The predicted octanol–water partition coefficient (Wildman–Crippen LogP) is 3.05. The Morgan fingerprint density at radius 2 is 2.05 bits per heavy atom. The van der Waals surface area contributed by atoms with E-state index in [0.29, 0.717) is 24.4 Å². The van der Waals surface area contributed by atoms with Gasteiger partial charge in [0, 0.05) is 11.8 Å². The second kappa shape index (κ2) is 5.98. The van der Waals surface area contributed by atoms with E-state index in [9.17, 15) is 9.59 Å². The number of carbonyl (C=O) groups is 2. The molecule has 1 aliphatic carbocycles. The van der Waals surface area contributed by atoms with Crippen molar-refractivity contribution in [1.82, 2.24) is 5.32 Å². The average Bonchev–Trinajstić information content (AvgIpc) is 2.56. The van der Waals surface area contributed by atoms with Crippen LogP contribution in [0.2, 0.25) is 0 Å². The SMILES string of the molecule is CCOC(=O)C1NC(=O)CC12CCCC(C(C)(C)C)CC2. The van der Waals surface area contributed by atoms with Crippen molar-refractivity contribution in [3.05, 3.63) is 0 Å². The first-order chi connectivity index (χ1) is 9.78. The maximum atomic E-state index is 12.2. The van der Waals surface area contributed by atoms with E-state index in [0.717, 1.165) is 25.7 Å². The van der Waals surface area contributed by atoms with E-state index >= 15 is 0 Å². The fourth-order valence-electron chi connectivity index (χ4n) is 4.08. The van der Waals surface area contributed by atoms with E-state index in [1.807, 2.05) is 6.92 Å². The smallest absolute Gasteiger partial charge is 0.329 e. The van der Waals surface area contributed by atoms with Gasteiger partial charge >= 0.3 is 5.97 Å². The van der Waals surface area contributed by atoms with Crippen molar-refractivity contribution in [1.29, 1.82) is 0 Å². The zero-order valence-corrected chi connectivity index (χ0v) is 13.8. The van der Waals surface area contributed by atoms with Gasteiger partial charge in [0.15, 0.2) is 0 Å². The van der Waals surface area contributed by atoms with E-state index in [1.165, 1.54) is 6.42 Å². The number of esters is 1. The minimum absolute atomic E-state index is 0.00209. The van der Waals surface area contributed by atoms with Crippen LogP contribution in [0.5, 0.6) is 0 Å². The van der Waals surface area contributed by atoms with Gasteiger partial charge in [-0.15, -0.1) is 0 Å². The van der Waals surface area contributed by atoms with Crippen molar-refractivity contribution >= 4 is 11.9 Å². The zero-order chi connectivity index (χ0) is 15.7. The highest BCUT2D eigenvalue weighted by atomic mass is 16.5. The molecule has 2 aliphatic rings. The fourth-order valence-corrected chi connectivity index (χ4v) is 4.08. The number of hydrogen-bond donors (Lipinski definition) is 1. The standard InChI is InChI=1S/C17H29NO3/c1-5-21-15(20)14-17(11-13(19)18-14)9-6-7-12(8-10-17)16(2,3)4/h12,14H,5-11H2,1-4H3,(H,18,19). The van der Waals surface area contributed by atoms with Crippen LogP contribution in [-0.4, -0.2) is 24.5 Å². The van der Waals surface area contributed by atoms with Crippen LogP contribution in [0.25, 0.3) is 0 Å². The molecule has 2 rings (SSSR count). The fraction of sp³-hybridized carbons (Fsp3) is 0.882. The molecule has 3 unspecified atom stereocenters. The Hall–Kier alpha value is -1.06. The number of carbonyl (C=O) groups excluding carboxylic acids is 2. The zero-order valence-electron chi connectivity index (χ0n) is 13.8. The van der Waals surface area contributed by atoms with Gasteiger partial charge in [-0.3, -0.25) is 4.79 Å². The molecular weight excluding hydrogens is 266 g/mol. The number of rotatable bonds is 2. The highest BCUT2D eigenvalue weighted by Crippen LogP contribution is 2.48. The molecule has 0 aromatic heterocycles. The summed E-state index contributed by atoms with van der Waals surface area (Å²) in [6.45, 7) is 9.04. The lowest BCUT2D eigenvalue weighted by Gasteiger charge is -2.33. The van der Waals surface area contributed by atoms with Crippen LogP contribution in [0.15, 0.2) is 0 Å².